The number of hydrogen-bond acceptors (Lipinski definition) is 4. The van der Waals surface area contributed by atoms with E-state index in [4.69, 9.17) is 20.4 Å². The van der Waals surface area contributed by atoms with Crippen molar-refractivity contribution in [2.45, 2.75) is 25.7 Å². The summed E-state index contributed by atoms with van der Waals surface area (Å²) in [6.45, 7) is 0. The van der Waals surface area contributed by atoms with Crippen molar-refractivity contribution >= 4 is 12.2 Å². The largest absolute Gasteiger partial charge is 0.231 e. The molecule has 0 heterocycles. The number of hydrogen-bond donors (Lipinski definition) is 2. The molecule has 1 aliphatic rings. The Morgan fingerprint density at radius 2 is 0.900 bits per heavy atom. The summed E-state index contributed by atoms with van der Waals surface area (Å²) in [7, 11) is 0. The highest BCUT2D eigenvalue weighted by Crippen LogP contribution is 2.15. The minimum absolute atomic E-state index is 0.750. The molecular weight excluding hydrogens is 132 g/mol. The molecule has 0 aromatic heterocycles. The normalized spacial score (nSPS) is 11.2. The molecule has 4 nitrogen and oxygen atoms in total. The molecule has 0 atom stereocenters. The molecule has 0 saturated heterocycles. The van der Waals surface area contributed by atoms with Gasteiger partial charge in [-0.25, -0.2) is 20.4 Å². The highest BCUT2D eigenvalue weighted by Gasteiger charge is 1.95. The molecule has 0 bridgehead atoms. The Labute approximate surface area is 59.3 Å². The van der Waals surface area contributed by atoms with Gasteiger partial charge >= 0.3 is 0 Å². The second-order valence-corrected chi connectivity index (χ2v) is 1.62. The maximum Gasteiger partial charge on any atom is 0.231 e. The van der Waals surface area contributed by atoms with Crippen LogP contribution in [0.25, 0.3) is 0 Å². The quantitative estimate of drug-likeness (QED) is 0.395. The van der Waals surface area contributed by atoms with Gasteiger partial charge in [0.1, 0.15) is 0 Å². The average molecular weight is 142 g/mol. The maximum absolute atomic E-state index is 8.35. The van der Waals surface area contributed by atoms with Crippen molar-refractivity contribution in [1.29, 1.82) is 10.8 Å². The van der Waals surface area contributed by atoms with Crippen LogP contribution in [0.5, 0.6) is 0 Å². The van der Waals surface area contributed by atoms with Crippen LogP contribution in [0.3, 0.4) is 0 Å². The molecule has 0 radical (unpaired) electrons. The first-order chi connectivity index (χ1) is 4.83. The van der Waals surface area contributed by atoms with Crippen LogP contribution < -0.4 is 0 Å². The molecule has 1 saturated carbocycles. The minimum atomic E-state index is 0.750. The van der Waals surface area contributed by atoms with Gasteiger partial charge in [0.25, 0.3) is 0 Å². The van der Waals surface area contributed by atoms with Crippen LogP contribution in [0.2, 0.25) is 0 Å². The zero-order valence-corrected chi connectivity index (χ0v) is 5.64. The molecule has 1 rings (SSSR count). The lowest BCUT2D eigenvalue weighted by Gasteiger charge is -2.05. The van der Waals surface area contributed by atoms with Crippen molar-refractivity contribution in [1.82, 2.24) is 0 Å². The predicted octanol–water partition coefficient (Wildman–Crippen LogP) is 1.36. The van der Waals surface area contributed by atoms with Crippen LogP contribution in [0, 0.1) is 10.8 Å². The molecule has 1 fully saturated rings. The zero-order chi connectivity index (χ0) is 8.24. The van der Waals surface area contributed by atoms with Crippen LogP contribution >= 0.6 is 0 Å². The molecule has 0 spiro atoms. The van der Waals surface area contributed by atoms with Crippen LogP contribution in [0.1, 0.15) is 25.7 Å². The van der Waals surface area contributed by atoms with Crippen molar-refractivity contribution in [3.63, 3.8) is 0 Å². The van der Waals surface area contributed by atoms with Gasteiger partial charge in [0.05, 0.1) is 0 Å². The van der Waals surface area contributed by atoms with Crippen LogP contribution in [0.4, 0.5) is 0 Å². The van der Waals surface area contributed by atoms with Crippen LogP contribution in [0.15, 0.2) is 0 Å². The van der Waals surface area contributed by atoms with Gasteiger partial charge in [-0.05, 0) is 0 Å². The Morgan fingerprint density at radius 1 is 0.800 bits per heavy atom. The van der Waals surface area contributed by atoms with Gasteiger partial charge in [0, 0.05) is 0 Å². The fraction of sp³-hybridized carbons (Fsp3) is 0.667. The monoisotopic (exact) mass is 142 g/mol. The van der Waals surface area contributed by atoms with Crippen molar-refractivity contribution in [2.75, 3.05) is 0 Å². The molecule has 0 aromatic rings. The van der Waals surface area contributed by atoms with Gasteiger partial charge in [-0.15, -0.1) is 0 Å². The third-order valence-electron chi connectivity index (χ3n) is 1.000. The summed E-state index contributed by atoms with van der Waals surface area (Å²) in [4.78, 5) is 16.7. The molecule has 4 heteroatoms. The fourth-order valence-electron chi connectivity index (χ4n) is 0.250. The van der Waals surface area contributed by atoms with Gasteiger partial charge in [-0.1, -0.05) is 25.7 Å². The lowest BCUT2D eigenvalue weighted by molar-refractivity contribution is 0.504. The Morgan fingerprint density at radius 3 is 0.900 bits per heavy atom. The SMILES string of the molecule is C1CCC1.N=C=O.N=C=O. The second kappa shape index (κ2) is 15.7. The van der Waals surface area contributed by atoms with Crippen molar-refractivity contribution in [3.05, 3.63) is 0 Å². The first-order valence-corrected chi connectivity index (χ1v) is 2.91. The van der Waals surface area contributed by atoms with Gasteiger partial charge in [0.2, 0.25) is 12.2 Å². The van der Waals surface area contributed by atoms with Crippen LogP contribution in [-0.2, 0) is 9.59 Å². The fourth-order valence-corrected chi connectivity index (χ4v) is 0.250. The molecule has 0 amide bonds. The molecule has 1 aliphatic carbocycles. The molecule has 56 valence electrons. The molecule has 2 N–H and O–H groups in total. The second-order valence-electron chi connectivity index (χ2n) is 1.62. The molecule has 0 aliphatic heterocycles. The van der Waals surface area contributed by atoms with E-state index in [0.29, 0.717) is 0 Å². The van der Waals surface area contributed by atoms with E-state index in [1.165, 1.54) is 25.7 Å². The highest BCUT2D eigenvalue weighted by molar-refractivity contribution is 5.26. The van der Waals surface area contributed by atoms with Crippen molar-refractivity contribution < 1.29 is 9.59 Å². The Bertz CT molecular complexity index is 102. The number of nitrogens with one attached hydrogen (secondary N) is 2. The third-order valence-corrected chi connectivity index (χ3v) is 1.000. The zero-order valence-electron chi connectivity index (χ0n) is 5.64. The van der Waals surface area contributed by atoms with E-state index in [1.807, 2.05) is 0 Å². The summed E-state index contributed by atoms with van der Waals surface area (Å²) in [5.41, 5.74) is 0. The van der Waals surface area contributed by atoms with E-state index < -0.39 is 0 Å². The summed E-state index contributed by atoms with van der Waals surface area (Å²) in [5.74, 6) is 0. The lowest BCUT2D eigenvalue weighted by atomic mass is 10.0. The molecular formula is C6H10N2O2. The third kappa shape index (κ3) is 29.4. The van der Waals surface area contributed by atoms with E-state index in [-0.39, 0.29) is 0 Å². The summed E-state index contributed by atoms with van der Waals surface area (Å²) in [6, 6.07) is 0. The summed E-state index contributed by atoms with van der Waals surface area (Å²) >= 11 is 0. The van der Waals surface area contributed by atoms with E-state index in [9.17, 15) is 0 Å². The van der Waals surface area contributed by atoms with Crippen molar-refractivity contribution in [3.8, 4) is 0 Å². The molecule has 0 unspecified atom stereocenters. The van der Waals surface area contributed by atoms with Gasteiger partial charge in [-0.2, -0.15) is 0 Å². The van der Waals surface area contributed by atoms with Crippen molar-refractivity contribution in [2.24, 2.45) is 0 Å². The van der Waals surface area contributed by atoms with E-state index in [0.717, 1.165) is 12.2 Å². The summed E-state index contributed by atoms with van der Waals surface area (Å²) in [5, 5.41) is 10.8. The van der Waals surface area contributed by atoms with Gasteiger partial charge in [-0.3, -0.25) is 0 Å². The highest BCUT2D eigenvalue weighted by atomic mass is 16.1. The van der Waals surface area contributed by atoms with E-state index in [1.54, 1.807) is 0 Å². The first kappa shape index (κ1) is 11.5. The average Bonchev–Trinajstić information content (AvgIpc) is 1.62. The predicted molar refractivity (Wildman–Crippen MR) is 35.3 cm³/mol. The van der Waals surface area contributed by atoms with Gasteiger partial charge < -0.3 is 0 Å². The number of carbonyl (C=O) groups excluding carboxylic acids is 2. The standard InChI is InChI=1S/C4H8.2CHNO/c1-2-4-3-1;2*2-1-3/h1-4H2;2*2H. The summed E-state index contributed by atoms with van der Waals surface area (Å²) < 4.78 is 0. The Hall–Kier alpha value is -1.24. The molecule has 10 heavy (non-hydrogen) atoms. The smallest absolute Gasteiger partial charge is 0.222 e. The minimum Gasteiger partial charge on any atom is -0.222 e. The van der Waals surface area contributed by atoms with E-state index >= 15 is 0 Å². The number of isocyanates is 2. The van der Waals surface area contributed by atoms with Gasteiger partial charge in [0.15, 0.2) is 0 Å². The number of rotatable bonds is 0. The van der Waals surface area contributed by atoms with Crippen LogP contribution in [-0.4, -0.2) is 12.2 Å². The topological polar surface area (TPSA) is 81.8 Å². The first-order valence-electron chi connectivity index (χ1n) is 2.91. The van der Waals surface area contributed by atoms with E-state index in [2.05, 4.69) is 0 Å². The Kier molecular flexibility index (Phi) is 18.1. The molecule has 0 aromatic carbocycles. The maximum atomic E-state index is 8.35. The lowest BCUT2D eigenvalue weighted by Crippen LogP contribution is -1.85. The Balaban J connectivity index is 0. The summed E-state index contributed by atoms with van der Waals surface area (Å²) in [6.07, 6.45) is 7.50.